The van der Waals surface area contributed by atoms with Gasteiger partial charge in [0.2, 0.25) is 6.34 Å². The van der Waals surface area contributed by atoms with Gasteiger partial charge in [-0.1, -0.05) is 51.1 Å². The quantitative estimate of drug-likeness (QED) is 0.319. The fourth-order valence-corrected chi connectivity index (χ4v) is 2.48. The lowest BCUT2D eigenvalue weighted by atomic mass is 9.87. The van der Waals surface area contributed by atoms with Gasteiger partial charge in [0.1, 0.15) is 19.6 Å². The average Bonchev–Trinajstić information content (AvgIpc) is 2.98. The number of nitrogens with zero attached hydrogens (tertiary/aromatic N) is 2. The van der Waals surface area contributed by atoms with Crippen molar-refractivity contribution in [3.05, 3.63) is 35.9 Å². The van der Waals surface area contributed by atoms with Crippen LogP contribution in [0.3, 0.4) is 0 Å². The van der Waals surface area contributed by atoms with Gasteiger partial charge in [-0.3, -0.25) is 9.48 Å². The Bertz CT molecular complexity index is 553. The van der Waals surface area contributed by atoms with Crippen molar-refractivity contribution < 1.29 is 26.6 Å². The summed E-state index contributed by atoms with van der Waals surface area (Å²) in [4.78, 5) is 2.46. The minimum atomic E-state index is -6.00. The summed E-state index contributed by atoms with van der Waals surface area (Å²) >= 11 is 0. The van der Waals surface area contributed by atoms with Crippen molar-refractivity contribution in [2.75, 3.05) is 26.2 Å². The predicted molar refractivity (Wildman–Crippen MR) is 98.0 cm³/mol. The molecule has 1 aromatic rings. The molecular formula is C18H29BF4N2O. The van der Waals surface area contributed by atoms with Crippen LogP contribution in [0.2, 0.25) is 0 Å². The first-order valence-corrected chi connectivity index (χ1v) is 8.80. The van der Waals surface area contributed by atoms with Gasteiger partial charge < -0.3 is 22.0 Å². The van der Waals surface area contributed by atoms with E-state index >= 15 is 0 Å². The number of rotatable bonds is 6. The second-order valence-electron chi connectivity index (χ2n) is 7.46. The van der Waals surface area contributed by atoms with Gasteiger partial charge in [0, 0.05) is 5.41 Å². The number of halogens is 4. The third kappa shape index (κ3) is 9.80. The minimum absolute atomic E-state index is 0.316. The molecule has 1 atom stereocenters. The Morgan fingerprint density at radius 2 is 1.73 bits per heavy atom. The normalized spacial score (nSPS) is 16.0. The molecule has 0 fully saturated rings. The maximum absolute atomic E-state index is 9.75. The van der Waals surface area contributed by atoms with E-state index in [0.717, 1.165) is 26.2 Å². The highest BCUT2D eigenvalue weighted by atomic mass is 19.5. The number of hydrogen-bond acceptors (Lipinski definition) is 2. The van der Waals surface area contributed by atoms with Crippen LogP contribution in [-0.2, 0) is 11.3 Å². The summed E-state index contributed by atoms with van der Waals surface area (Å²) in [6, 6.07) is 10.9. The molecule has 0 aromatic heterocycles. The van der Waals surface area contributed by atoms with Crippen molar-refractivity contribution in [3.63, 3.8) is 0 Å². The molecule has 1 heterocycles. The van der Waals surface area contributed by atoms with E-state index in [-0.39, 0.29) is 0 Å². The summed E-state index contributed by atoms with van der Waals surface area (Å²) in [6.45, 7) is 13.9. The number of benzene rings is 1. The van der Waals surface area contributed by atoms with Gasteiger partial charge in [-0.05, 0) is 12.5 Å². The SMILES string of the molecule is C[C@@H](N1C=[N+](CCOCc2ccccc2)CC1)C(C)(C)C.F[B-](F)(F)F. The fraction of sp³-hybridized carbons (Fsp3) is 0.611. The molecule has 2 rings (SSSR count). The molecule has 3 nitrogen and oxygen atoms in total. The van der Waals surface area contributed by atoms with E-state index < -0.39 is 7.25 Å². The molecule has 0 radical (unpaired) electrons. The Hall–Kier alpha value is -1.57. The number of ether oxygens (including phenoxy) is 1. The van der Waals surface area contributed by atoms with Crippen molar-refractivity contribution in [2.45, 2.75) is 40.3 Å². The predicted octanol–water partition coefficient (Wildman–Crippen LogP) is 4.29. The van der Waals surface area contributed by atoms with Crippen LogP contribution in [-0.4, -0.2) is 55.4 Å². The maximum atomic E-state index is 9.75. The van der Waals surface area contributed by atoms with E-state index in [1.165, 1.54) is 5.56 Å². The molecule has 0 saturated carbocycles. The molecule has 0 spiro atoms. The van der Waals surface area contributed by atoms with Crippen LogP contribution in [0, 0.1) is 5.41 Å². The summed E-state index contributed by atoms with van der Waals surface area (Å²) in [7, 11) is -6.00. The van der Waals surface area contributed by atoms with Crippen LogP contribution >= 0.6 is 0 Å². The lowest BCUT2D eigenvalue weighted by Gasteiger charge is -2.29. The van der Waals surface area contributed by atoms with Gasteiger partial charge in [-0.2, -0.15) is 0 Å². The molecule has 8 heteroatoms. The maximum Gasteiger partial charge on any atom is 0.673 e. The van der Waals surface area contributed by atoms with Gasteiger partial charge >= 0.3 is 7.25 Å². The first-order chi connectivity index (χ1) is 12.0. The molecule has 0 bridgehead atoms. The van der Waals surface area contributed by atoms with Crippen LogP contribution in [0.15, 0.2) is 30.3 Å². The van der Waals surface area contributed by atoms with Crippen LogP contribution in [0.25, 0.3) is 0 Å². The molecule has 0 N–H and O–H groups in total. The standard InChI is InChI=1S/C18H29N2O.BF4/c1-16(18(2,3)4)20-11-10-19(15-20)12-13-21-14-17-8-6-5-7-9-17;2-1(3,4)5/h5-9,15-16H,10-14H2,1-4H3;/q+1;-1/t16-;/m1./s1. The first kappa shape index (κ1) is 22.5. The van der Waals surface area contributed by atoms with Crippen molar-refractivity contribution in [2.24, 2.45) is 5.41 Å². The molecule has 1 aliphatic heterocycles. The third-order valence-electron chi connectivity index (χ3n) is 4.34. The molecule has 1 aliphatic rings. The monoisotopic (exact) mass is 376 g/mol. The molecule has 26 heavy (non-hydrogen) atoms. The van der Waals surface area contributed by atoms with E-state index in [9.17, 15) is 17.3 Å². The molecule has 1 aromatic carbocycles. The van der Waals surface area contributed by atoms with Gasteiger partial charge in [0.15, 0.2) is 0 Å². The summed E-state index contributed by atoms with van der Waals surface area (Å²) < 4.78 is 47.1. The Balaban J connectivity index is 0.000000597. The van der Waals surface area contributed by atoms with Gasteiger partial charge in [-0.15, -0.1) is 0 Å². The third-order valence-corrected chi connectivity index (χ3v) is 4.34. The smallest absolute Gasteiger partial charge is 0.418 e. The molecule has 0 amide bonds. The van der Waals surface area contributed by atoms with Crippen molar-refractivity contribution >= 4 is 13.6 Å². The second kappa shape index (κ2) is 9.95. The Morgan fingerprint density at radius 1 is 1.15 bits per heavy atom. The van der Waals surface area contributed by atoms with E-state index in [2.05, 4.69) is 67.8 Å². The van der Waals surface area contributed by atoms with Crippen LogP contribution in [0.1, 0.15) is 33.3 Å². The van der Waals surface area contributed by atoms with E-state index in [0.29, 0.717) is 18.1 Å². The van der Waals surface area contributed by atoms with Crippen molar-refractivity contribution in [3.8, 4) is 0 Å². The zero-order chi connectivity index (χ0) is 19.8. The molecule has 0 aliphatic carbocycles. The van der Waals surface area contributed by atoms with E-state index in [4.69, 9.17) is 4.74 Å². The topological polar surface area (TPSA) is 15.5 Å². The Kier molecular flexibility index (Phi) is 8.60. The highest BCUT2D eigenvalue weighted by Crippen LogP contribution is 2.23. The minimum Gasteiger partial charge on any atom is -0.418 e. The summed E-state index contributed by atoms with van der Waals surface area (Å²) in [6.07, 6.45) is 2.28. The zero-order valence-corrected chi connectivity index (χ0v) is 16.0. The van der Waals surface area contributed by atoms with Gasteiger partial charge in [0.05, 0.1) is 19.3 Å². The molecule has 0 saturated heterocycles. The van der Waals surface area contributed by atoms with Crippen molar-refractivity contribution in [1.29, 1.82) is 0 Å². The van der Waals surface area contributed by atoms with Crippen LogP contribution < -0.4 is 0 Å². The molecule has 0 unspecified atom stereocenters. The Morgan fingerprint density at radius 3 is 2.27 bits per heavy atom. The largest absolute Gasteiger partial charge is 0.673 e. The highest BCUT2D eigenvalue weighted by molar-refractivity contribution is 6.50. The second-order valence-corrected chi connectivity index (χ2v) is 7.46. The van der Waals surface area contributed by atoms with E-state index in [1.807, 2.05) is 6.07 Å². The Labute approximate surface area is 153 Å². The van der Waals surface area contributed by atoms with E-state index in [1.54, 1.807) is 0 Å². The molecule has 148 valence electrons. The zero-order valence-electron chi connectivity index (χ0n) is 16.0. The van der Waals surface area contributed by atoms with Crippen LogP contribution in [0.5, 0.6) is 0 Å². The fourth-order valence-electron chi connectivity index (χ4n) is 2.48. The highest BCUT2D eigenvalue weighted by Gasteiger charge is 2.32. The first-order valence-electron chi connectivity index (χ1n) is 8.80. The lowest BCUT2D eigenvalue weighted by Crippen LogP contribution is -2.40. The molecular weight excluding hydrogens is 347 g/mol. The summed E-state index contributed by atoms with van der Waals surface area (Å²) in [5.74, 6) is 0. The number of hydrogen-bond donors (Lipinski definition) is 0. The van der Waals surface area contributed by atoms with Gasteiger partial charge in [0.25, 0.3) is 0 Å². The average molecular weight is 376 g/mol. The van der Waals surface area contributed by atoms with Crippen LogP contribution in [0.4, 0.5) is 17.3 Å². The van der Waals surface area contributed by atoms with Gasteiger partial charge in [-0.25, -0.2) is 0 Å². The lowest BCUT2D eigenvalue weighted by molar-refractivity contribution is -0.517. The van der Waals surface area contributed by atoms with Crippen molar-refractivity contribution in [1.82, 2.24) is 4.90 Å². The summed E-state index contributed by atoms with van der Waals surface area (Å²) in [5, 5.41) is 0. The summed E-state index contributed by atoms with van der Waals surface area (Å²) in [5.41, 5.74) is 1.56.